The van der Waals surface area contributed by atoms with E-state index in [9.17, 15) is 35.7 Å². The Balaban J connectivity index is 0.813. The maximum absolute atomic E-state index is 16.7. The van der Waals surface area contributed by atoms with Gasteiger partial charge in [0.1, 0.15) is 69.9 Å². The van der Waals surface area contributed by atoms with Crippen LogP contribution in [0.25, 0.3) is 11.0 Å². The maximum atomic E-state index is 16.7. The highest BCUT2D eigenvalue weighted by atomic mass is 16.6. The number of carbonyl (C=O) groups is 1. The molecule has 100 heavy (non-hydrogen) atoms. The van der Waals surface area contributed by atoms with Crippen LogP contribution < -0.4 is 31.8 Å². The number of hydrogen-bond donors (Lipinski definition) is 11. The minimum absolute atomic E-state index is 0.000392. The van der Waals surface area contributed by atoms with Crippen LogP contribution in [0.5, 0.6) is 17.2 Å². The Morgan fingerprint density at radius 1 is 0.890 bits per heavy atom. The van der Waals surface area contributed by atoms with Gasteiger partial charge in [0.15, 0.2) is 5.43 Å². The standard InChI is InChI=1S/C84H98N4O12/c1-4-60(84(97)35-58-50-20-26-80(36-62(50)84)41-82(74(94)55-12-9-11-51(58)69(55)80)25-19-46-10-5-6-24-83(46,96)42-82)77(95)99-64-33-57-71(93)67-63(92)32-48(38-89)98-73(67)68-65-54-21-29-86-75(85)66(54)70(81(28-27-79(40-81)22-7-8-23-79)34-44-14-15-47(91)31-56(44)59(65)39-90)53-18-17-49-45(30-61(53)78(64,3)100-72(57)68)37-87-76-52(49)16-13-43(2)88-76/h4,9,11-16,20-21,26,31-32,37,43,46,50,53,58-59,61-62,64-65,70,74,76,86-91,93-94,96-97H,5-8,10,17-19,22-25,27-30,33-36,38-42,85H2,1-3H3/b60-4+/t43-,46-,50+,53+,58+,59-,61-,62+,64-,65-,70-,74-,76?,78+,80+,81+,82-,83+,84+/m1/s1. The quantitative estimate of drug-likeness (QED) is 0.0504. The van der Waals surface area contributed by atoms with Crippen molar-refractivity contribution in [2.24, 2.45) is 57.5 Å². The highest BCUT2D eigenvalue weighted by Crippen LogP contribution is 2.73. The average Bonchev–Trinajstić information content (AvgIpc) is 1.43. The molecular formula is C84H98N4O12. The SMILES string of the molecule is C/C=C(\C(=O)O[C@@H]1Cc2c3c(c4oc(CO)cc(=O)c4c2O)[C@@H]2C4=CCNC(N)=C4[C@@H]([C@H]4CCC5=C6C=C[C@@H](C)NC6NC=C5C[C@H]4[C@]1(C)O3)[C@@]1(CCC3(CCCC3)C1)Cc1ccc(O)cc1[C@H]2CO)[C@@]1(O)C[C@@H]2c3cccc4c3[C@]3(C=C[C@@H]2[C@@H]1C3)C[C@@]1(CC[C@H]2CCCC[C@]2(O)C1)[C@@H]4O. The van der Waals surface area contributed by atoms with Gasteiger partial charge in [-0.15, -0.1) is 0 Å². The molecule has 1 unspecified atom stereocenters. The van der Waals surface area contributed by atoms with Crippen molar-refractivity contribution < 1.29 is 54.4 Å². The summed E-state index contributed by atoms with van der Waals surface area (Å²) in [5.74, 6) is -3.63. The lowest BCUT2D eigenvalue weighted by atomic mass is 9.47. The van der Waals surface area contributed by atoms with Crippen LogP contribution in [-0.4, -0.2) is 90.0 Å². The summed E-state index contributed by atoms with van der Waals surface area (Å²) in [5.41, 5.74) is 12.7. The fourth-order valence-electron chi connectivity index (χ4n) is 26.1. The Morgan fingerprint density at radius 3 is 2.54 bits per heavy atom. The molecular weight excluding hydrogens is 1260 g/mol. The molecule has 1 aromatic heterocycles. The molecule has 4 aromatic rings. The number of phenols is 2. The first kappa shape index (κ1) is 64.0. The molecule has 6 heterocycles. The number of aromatic hydroxyl groups is 2. The van der Waals surface area contributed by atoms with E-state index in [1.54, 1.807) is 18.2 Å². The molecule has 6 saturated carbocycles. The largest absolute Gasteiger partial charge is 0.508 e. The van der Waals surface area contributed by atoms with Gasteiger partial charge in [-0.25, -0.2) is 4.79 Å². The predicted octanol–water partition coefficient (Wildman–Crippen LogP) is 11.7. The highest BCUT2D eigenvalue weighted by Gasteiger charge is 2.69. The lowest BCUT2D eigenvalue weighted by Gasteiger charge is -2.59. The third-order valence-electron chi connectivity index (χ3n) is 30.1. The van der Waals surface area contributed by atoms with Crippen molar-refractivity contribution in [3.05, 3.63) is 179 Å². The van der Waals surface area contributed by atoms with Gasteiger partial charge in [-0.05, 0) is 238 Å². The topological polar surface area (TPSA) is 269 Å². The maximum Gasteiger partial charge on any atom is 0.337 e. The number of nitrogens with two attached hydrogens (primary N) is 1. The van der Waals surface area contributed by atoms with E-state index in [0.717, 1.165) is 134 Å². The number of nitrogens with one attached hydrogen (secondary N) is 3. The van der Waals surface area contributed by atoms with Crippen LogP contribution in [0.3, 0.4) is 0 Å². The van der Waals surface area contributed by atoms with Crippen molar-refractivity contribution in [2.45, 2.75) is 233 Å². The molecule has 12 N–H and O–H groups in total. The van der Waals surface area contributed by atoms with E-state index in [1.807, 2.05) is 6.92 Å². The van der Waals surface area contributed by atoms with Gasteiger partial charge in [0, 0.05) is 76.9 Å². The van der Waals surface area contributed by atoms with E-state index in [1.165, 1.54) is 17.2 Å². The average molecular weight is 1360 g/mol. The van der Waals surface area contributed by atoms with Crippen LogP contribution in [0.15, 0.2) is 134 Å². The lowest BCUT2D eigenvalue weighted by molar-refractivity contribution is -0.173. The van der Waals surface area contributed by atoms with E-state index in [2.05, 4.69) is 90.6 Å². The molecule has 526 valence electrons. The lowest BCUT2D eigenvalue weighted by Crippen LogP contribution is -2.60. The molecule has 0 amide bonds. The summed E-state index contributed by atoms with van der Waals surface area (Å²) < 4.78 is 22.6. The third kappa shape index (κ3) is 8.84. The Hall–Kier alpha value is -6.92. The van der Waals surface area contributed by atoms with E-state index < -0.39 is 99.3 Å². The fourth-order valence-corrected chi connectivity index (χ4v) is 26.1. The van der Waals surface area contributed by atoms with Crippen molar-refractivity contribution in [1.29, 1.82) is 0 Å². The first-order chi connectivity index (χ1) is 48.2. The third-order valence-corrected chi connectivity index (χ3v) is 30.1. The molecule has 5 aliphatic heterocycles. The van der Waals surface area contributed by atoms with Gasteiger partial charge in [-0.3, -0.25) is 10.1 Å². The number of aliphatic hydroxyl groups is 5. The minimum atomic E-state index is -1.68. The van der Waals surface area contributed by atoms with Crippen LogP contribution >= 0.6 is 0 Å². The number of ether oxygens (including phenoxy) is 2. The zero-order valence-electron chi connectivity index (χ0n) is 58.0. The second kappa shape index (κ2) is 22.3. The molecule has 3 aromatic carbocycles. The number of allylic oxidation sites excluding steroid dienone is 7. The van der Waals surface area contributed by atoms with E-state index >= 15 is 9.59 Å². The van der Waals surface area contributed by atoms with E-state index in [4.69, 9.17) is 19.6 Å². The summed E-state index contributed by atoms with van der Waals surface area (Å²) in [5, 5.41) is 99.6. The molecule has 0 radical (unpaired) electrons. The smallest absolute Gasteiger partial charge is 0.337 e. The van der Waals surface area contributed by atoms with Crippen molar-refractivity contribution in [3.8, 4) is 17.2 Å². The van der Waals surface area contributed by atoms with Crippen molar-refractivity contribution in [1.82, 2.24) is 16.0 Å². The number of hydrogen-bond acceptors (Lipinski definition) is 16. The molecule has 20 rings (SSSR count). The monoisotopic (exact) mass is 1350 g/mol. The Labute approximate surface area is 584 Å². The Kier molecular flexibility index (Phi) is 14.3. The number of carbonyl (C=O) groups excluding carboxylic acids is 1. The Morgan fingerprint density at radius 2 is 1.72 bits per heavy atom. The van der Waals surface area contributed by atoms with Crippen molar-refractivity contribution in [3.63, 3.8) is 0 Å². The predicted molar refractivity (Wildman–Crippen MR) is 377 cm³/mol. The van der Waals surface area contributed by atoms with Crippen molar-refractivity contribution >= 4 is 16.9 Å². The van der Waals surface area contributed by atoms with Gasteiger partial charge in [-0.2, -0.15) is 0 Å². The normalized spacial score (nSPS) is 40.4. The first-order valence-electron chi connectivity index (χ1n) is 38.2. The highest BCUT2D eigenvalue weighted by molar-refractivity contribution is 5.93. The number of dihydropyridines is 2. The summed E-state index contributed by atoms with van der Waals surface area (Å²) in [6.45, 7) is 5.38. The zero-order valence-corrected chi connectivity index (χ0v) is 58.0. The number of fused-ring (bicyclic) bond motifs is 12. The van der Waals surface area contributed by atoms with E-state index in [0.29, 0.717) is 56.5 Å². The van der Waals surface area contributed by atoms with Gasteiger partial charge in [0.05, 0.1) is 23.9 Å². The zero-order chi connectivity index (χ0) is 68.5. The van der Waals surface area contributed by atoms with E-state index in [-0.39, 0.29) is 99.4 Å². The molecule has 16 nitrogen and oxygen atoms in total. The molecule has 19 atom stereocenters. The van der Waals surface area contributed by atoms with Crippen LogP contribution in [-0.2, 0) is 34.4 Å². The minimum Gasteiger partial charge on any atom is -0.508 e. The summed E-state index contributed by atoms with van der Waals surface area (Å²) in [6, 6.07) is 13.3. The first-order valence-corrected chi connectivity index (χ1v) is 38.2. The summed E-state index contributed by atoms with van der Waals surface area (Å²) in [6.07, 6.45) is 30.4. The van der Waals surface area contributed by atoms with Gasteiger partial charge in [0.25, 0.3) is 0 Å². The number of phenolic OH excluding ortho intramolecular Hbond substituents is 2. The van der Waals surface area contributed by atoms with Crippen molar-refractivity contribution in [2.75, 3.05) is 13.2 Å². The van der Waals surface area contributed by atoms with Crippen LogP contribution in [0.4, 0.5) is 0 Å². The molecule has 16 aliphatic rings. The summed E-state index contributed by atoms with van der Waals surface area (Å²) in [7, 11) is 0. The number of esters is 1. The molecule has 6 fully saturated rings. The molecule has 8 bridgehead atoms. The summed E-state index contributed by atoms with van der Waals surface area (Å²) in [4.78, 5) is 31.9. The van der Waals surface area contributed by atoms with Crippen LogP contribution in [0.2, 0.25) is 0 Å². The van der Waals surface area contributed by atoms with Crippen LogP contribution in [0, 0.1) is 51.8 Å². The van der Waals surface area contributed by atoms with Gasteiger partial charge in [0.2, 0.25) is 0 Å². The number of aliphatic hydroxyl groups excluding tert-OH is 3. The second-order valence-corrected chi connectivity index (χ2v) is 34.7. The molecule has 4 spiro atoms. The Bertz CT molecular complexity index is 4490. The molecule has 0 saturated heterocycles. The van der Waals surface area contributed by atoms with Gasteiger partial charge in [-0.1, -0.05) is 86.4 Å². The second-order valence-electron chi connectivity index (χ2n) is 34.7. The van der Waals surface area contributed by atoms with Crippen LogP contribution in [0.1, 0.15) is 218 Å². The molecule has 16 heteroatoms. The molecule has 11 aliphatic carbocycles. The van der Waals surface area contributed by atoms with Gasteiger partial charge >= 0.3 is 5.97 Å². The van der Waals surface area contributed by atoms with Gasteiger partial charge < -0.3 is 66.0 Å². The number of benzene rings is 3. The fraction of sp³-hybridized carbons (Fsp3) is 0.571. The summed E-state index contributed by atoms with van der Waals surface area (Å²) >= 11 is 0. The number of rotatable bonds is 5.